The van der Waals surface area contributed by atoms with E-state index < -0.39 is 23.5 Å². The molecule has 1 heterocycles. The van der Waals surface area contributed by atoms with E-state index in [4.69, 9.17) is 5.11 Å². The number of carbonyl (C=O) groups is 2. The fourth-order valence-electron chi connectivity index (χ4n) is 2.16. The highest BCUT2D eigenvalue weighted by molar-refractivity contribution is 5.97. The molecule has 1 aromatic rings. The van der Waals surface area contributed by atoms with E-state index in [0.29, 0.717) is 11.3 Å². The Morgan fingerprint density at radius 2 is 2.05 bits per heavy atom. The summed E-state index contributed by atoms with van der Waals surface area (Å²) >= 11 is 0. The Bertz CT molecular complexity index is 587. The van der Waals surface area contributed by atoms with Crippen LogP contribution in [-0.2, 0) is 4.79 Å². The van der Waals surface area contributed by atoms with Crippen LogP contribution in [0.4, 0.5) is 0 Å². The van der Waals surface area contributed by atoms with Gasteiger partial charge in [-0.3, -0.25) is 9.59 Å². The molecule has 6 heteroatoms. The van der Waals surface area contributed by atoms with Gasteiger partial charge in [-0.25, -0.2) is 4.79 Å². The summed E-state index contributed by atoms with van der Waals surface area (Å²) in [6.45, 7) is 3.38. The van der Waals surface area contributed by atoms with E-state index in [2.05, 4.69) is 10.3 Å². The van der Waals surface area contributed by atoms with Gasteiger partial charge in [-0.05, 0) is 44.2 Å². The first-order chi connectivity index (χ1) is 8.90. The topological polar surface area (TPSA) is 99.3 Å². The average molecular weight is 264 g/mol. The molecule has 19 heavy (non-hydrogen) atoms. The van der Waals surface area contributed by atoms with Gasteiger partial charge in [0.25, 0.3) is 11.5 Å². The number of aryl methyl sites for hydroxylation is 2. The van der Waals surface area contributed by atoms with E-state index in [1.807, 2.05) is 0 Å². The summed E-state index contributed by atoms with van der Waals surface area (Å²) in [5.74, 6) is -1.71. The molecule has 1 unspecified atom stereocenters. The molecular formula is C13H16N2O4. The molecule has 1 aliphatic carbocycles. The minimum absolute atomic E-state index is 0.0162. The van der Waals surface area contributed by atoms with Crippen molar-refractivity contribution in [1.29, 1.82) is 0 Å². The Morgan fingerprint density at radius 3 is 2.53 bits per heavy atom. The van der Waals surface area contributed by atoms with Crippen molar-refractivity contribution in [3.63, 3.8) is 0 Å². The predicted molar refractivity (Wildman–Crippen MR) is 68.2 cm³/mol. The lowest BCUT2D eigenvalue weighted by Gasteiger charge is -2.14. The second-order valence-corrected chi connectivity index (χ2v) is 4.97. The van der Waals surface area contributed by atoms with Crippen LogP contribution in [0.2, 0.25) is 0 Å². The summed E-state index contributed by atoms with van der Waals surface area (Å²) in [5, 5.41) is 11.5. The van der Waals surface area contributed by atoms with Gasteiger partial charge in [0.05, 0.1) is 0 Å². The Labute approximate surface area is 109 Å². The number of H-pyrrole nitrogens is 1. The second-order valence-electron chi connectivity index (χ2n) is 4.97. The zero-order valence-electron chi connectivity index (χ0n) is 10.8. The second kappa shape index (κ2) is 4.87. The van der Waals surface area contributed by atoms with Crippen LogP contribution < -0.4 is 10.9 Å². The highest BCUT2D eigenvalue weighted by Crippen LogP contribution is 2.32. The Morgan fingerprint density at radius 1 is 1.42 bits per heavy atom. The number of carbonyl (C=O) groups excluding carboxylic acids is 1. The van der Waals surface area contributed by atoms with Gasteiger partial charge in [0.2, 0.25) is 0 Å². The smallest absolute Gasteiger partial charge is 0.326 e. The lowest BCUT2D eigenvalue weighted by Crippen LogP contribution is -2.44. The van der Waals surface area contributed by atoms with Gasteiger partial charge in [0.15, 0.2) is 0 Å². The third-order valence-corrected chi connectivity index (χ3v) is 3.24. The van der Waals surface area contributed by atoms with Gasteiger partial charge in [0, 0.05) is 5.69 Å². The Hall–Kier alpha value is -2.11. The van der Waals surface area contributed by atoms with Crippen LogP contribution >= 0.6 is 0 Å². The molecule has 0 spiro atoms. The summed E-state index contributed by atoms with van der Waals surface area (Å²) < 4.78 is 0. The maximum absolute atomic E-state index is 12.1. The molecule has 1 amide bonds. The van der Waals surface area contributed by atoms with Gasteiger partial charge in [-0.1, -0.05) is 0 Å². The number of aromatic nitrogens is 1. The number of pyridine rings is 1. The maximum atomic E-state index is 12.1. The number of carboxylic acids is 1. The van der Waals surface area contributed by atoms with Crippen molar-refractivity contribution in [2.45, 2.75) is 32.7 Å². The third-order valence-electron chi connectivity index (χ3n) is 3.24. The van der Waals surface area contributed by atoms with Gasteiger partial charge in [0.1, 0.15) is 11.6 Å². The Kier molecular flexibility index (Phi) is 3.42. The minimum Gasteiger partial charge on any atom is -0.480 e. The molecule has 0 aliphatic heterocycles. The summed E-state index contributed by atoms with van der Waals surface area (Å²) in [6.07, 6.45) is 1.58. The van der Waals surface area contributed by atoms with Crippen molar-refractivity contribution in [2.24, 2.45) is 5.92 Å². The largest absolute Gasteiger partial charge is 0.480 e. The van der Waals surface area contributed by atoms with Crippen LogP contribution in [-0.4, -0.2) is 28.0 Å². The molecule has 1 fully saturated rings. The van der Waals surface area contributed by atoms with Crippen molar-refractivity contribution in [3.05, 3.63) is 33.2 Å². The number of carboxylic acid groups (broad SMARTS) is 1. The first-order valence-electron chi connectivity index (χ1n) is 6.14. The van der Waals surface area contributed by atoms with Crippen LogP contribution in [0.25, 0.3) is 0 Å². The van der Waals surface area contributed by atoms with Crippen LogP contribution in [0.5, 0.6) is 0 Å². The number of aliphatic carboxylic acids is 1. The number of amides is 1. The van der Waals surface area contributed by atoms with E-state index in [1.54, 1.807) is 19.9 Å². The van der Waals surface area contributed by atoms with Crippen molar-refractivity contribution < 1.29 is 14.7 Å². The van der Waals surface area contributed by atoms with Crippen molar-refractivity contribution in [2.75, 3.05) is 0 Å². The fourth-order valence-corrected chi connectivity index (χ4v) is 2.16. The molecule has 2 rings (SSSR count). The molecule has 3 N–H and O–H groups in total. The molecule has 102 valence electrons. The molecule has 0 aromatic carbocycles. The van der Waals surface area contributed by atoms with Crippen LogP contribution in [0.15, 0.2) is 10.9 Å². The normalized spacial score (nSPS) is 15.9. The molecule has 1 atom stereocenters. The molecule has 0 radical (unpaired) electrons. The van der Waals surface area contributed by atoms with Gasteiger partial charge in [-0.15, -0.1) is 0 Å². The van der Waals surface area contributed by atoms with E-state index in [1.165, 1.54) is 0 Å². The molecular weight excluding hydrogens is 248 g/mol. The summed E-state index contributed by atoms with van der Waals surface area (Å²) in [7, 11) is 0. The SMILES string of the molecule is Cc1cc(C)c(C(=O)NC(C(=O)O)C2CC2)c(=O)[nH]1. The number of nitrogens with one attached hydrogen (secondary N) is 2. The first kappa shape index (κ1) is 13.3. The molecule has 0 saturated heterocycles. The third kappa shape index (κ3) is 2.83. The minimum atomic E-state index is -1.06. The summed E-state index contributed by atoms with van der Waals surface area (Å²) in [5.41, 5.74) is 0.696. The fraction of sp³-hybridized carbons (Fsp3) is 0.462. The quantitative estimate of drug-likeness (QED) is 0.740. The van der Waals surface area contributed by atoms with E-state index in [-0.39, 0.29) is 11.5 Å². The number of aromatic amines is 1. The first-order valence-corrected chi connectivity index (χ1v) is 6.14. The molecule has 1 aliphatic rings. The number of hydrogen-bond acceptors (Lipinski definition) is 3. The predicted octanol–water partition coefficient (Wildman–Crippen LogP) is 0.585. The Balaban J connectivity index is 2.25. The zero-order chi connectivity index (χ0) is 14.2. The number of rotatable bonds is 4. The van der Waals surface area contributed by atoms with Crippen LogP contribution in [0.3, 0.4) is 0 Å². The van der Waals surface area contributed by atoms with Crippen molar-refractivity contribution in [1.82, 2.24) is 10.3 Å². The van der Waals surface area contributed by atoms with Crippen LogP contribution in [0, 0.1) is 19.8 Å². The highest BCUT2D eigenvalue weighted by Gasteiger charge is 2.37. The molecule has 0 bridgehead atoms. The molecule has 6 nitrogen and oxygen atoms in total. The van der Waals surface area contributed by atoms with Crippen molar-refractivity contribution in [3.8, 4) is 0 Å². The lowest BCUT2D eigenvalue weighted by molar-refractivity contribution is -0.139. The van der Waals surface area contributed by atoms with E-state index in [9.17, 15) is 14.4 Å². The number of hydrogen-bond donors (Lipinski definition) is 3. The van der Waals surface area contributed by atoms with Gasteiger partial charge >= 0.3 is 5.97 Å². The van der Waals surface area contributed by atoms with Gasteiger partial charge < -0.3 is 15.4 Å². The molecule has 1 aromatic heterocycles. The standard InChI is InChI=1S/C13H16N2O4/c1-6-5-7(2)14-11(16)9(6)12(17)15-10(13(18)19)8-3-4-8/h5,8,10H,3-4H2,1-2H3,(H,14,16)(H,15,17)(H,18,19). The zero-order valence-corrected chi connectivity index (χ0v) is 10.8. The van der Waals surface area contributed by atoms with Gasteiger partial charge in [-0.2, -0.15) is 0 Å². The summed E-state index contributed by atoms with van der Waals surface area (Å²) in [4.78, 5) is 37.4. The molecule has 1 saturated carbocycles. The summed E-state index contributed by atoms with van der Waals surface area (Å²) in [6, 6.07) is 0.774. The average Bonchev–Trinajstić information content (AvgIpc) is 3.07. The lowest BCUT2D eigenvalue weighted by atomic mass is 10.1. The monoisotopic (exact) mass is 264 g/mol. The van der Waals surface area contributed by atoms with Crippen LogP contribution in [0.1, 0.15) is 34.5 Å². The van der Waals surface area contributed by atoms with Crippen molar-refractivity contribution >= 4 is 11.9 Å². The highest BCUT2D eigenvalue weighted by atomic mass is 16.4. The van der Waals surface area contributed by atoms with E-state index >= 15 is 0 Å². The van der Waals surface area contributed by atoms with E-state index in [0.717, 1.165) is 12.8 Å². The maximum Gasteiger partial charge on any atom is 0.326 e.